The Bertz CT molecular complexity index is 1990. The Morgan fingerprint density at radius 1 is 0.750 bits per heavy atom. The maximum Gasteiger partial charge on any atom is 0.341 e. The molecule has 0 unspecified atom stereocenters. The summed E-state index contributed by atoms with van der Waals surface area (Å²) in [4.78, 5) is 46.2. The predicted octanol–water partition coefficient (Wildman–Crippen LogP) is 3.55. The van der Waals surface area contributed by atoms with E-state index in [1.54, 1.807) is 87.0 Å². The largest absolute Gasteiger partial charge is 0.497 e. The molecule has 6 aromatic rings. The Labute approximate surface area is 203 Å². The predicted molar refractivity (Wildman–Crippen MR) is 140 cm³/mol. The van der Waals surface area contributed by atoms with Gasteiger partial charge < -0.3 is 4.74 Å². The number of aryl methyl sites for hydroxylation is 1. The Hall–Kier alpha value is -4.98. The van der Waals surface area contributed by atoms with Crippen LogP contribution < -0.4 is 21.5 Å². The third-order valence-electron chi connectivity index (χ3n) is 6.38. The second kappa shape index (κ2) is 8.06. The molecule has 0 amide bonds. The van der Waals surface area contributed by atoms with Crippen LogP contribution in [-0.2, 0) is 7.05 Å². The highest BCUT2D eigenvalue weighted by molar-refractivity contribution is 6.06. The van der Waals surface area contributed by atoms with E-state index in [0.717, 1.165) is 4.57 Å². The molecular formula is C28H20N4O4. The molecule has 0 aliphatic rings. The van der Waals surface area contributed by atoms with Crippen LogP contribution in [0.4, 0.5) is 0 Å². The van der Waals surface area contributed by atoms with E-state index < -0.39 is 11.2 Å². The molecule has 176 valence electrons. The highest BCUT2D eigenvalue weighted by Gasteiger charge is 2.23. The van der Waals surface area contributed by atoms with E-state index >= 15 is 0 Å². The zero-order chi connectivity index (χ0) is 25.0. The van der Waals surface area contributed by atoms with E-state index in [0.29, 0.717) is 28.0 Å². The fraction of sp³-hybridized carbons (Fsp3) is 0.0714. The number of pyridine rings is 2. The molecule has 0 saturated heterocycles. The Balaban J connectivity index is 1.91. The van der Waals surface area contributed by atoms with Gasteiger partial charge in [-0.2, -0.15) is 0 Å². The molecule has 3 aromatic carbocycles. The minimum atomic E-state index is -0.579. The van der Waals surface area contributed by atoms with E-state index in [4.69, 9.17) is 9.72 Å². The van der Waals surface area contributed by atoms with Gasteiger partial charge in [-0.05, 0) is 48.5 Å². The molecule has 8 nitrogen and oxygen atoms in total. The third-order valence-corrected chi connectivity index (χ3v) is 6.38. The second-order valence-corrected chi connectivity index (χ2v) is 8.44. The molecule has 0 aliphatic carbocycles. The van der Waals surface area contributed by atoms with Crippen molar-refractivity contribution in [2.45, 2.75) is 0 Å². The lowest BCUT2D eigenvalue weighted by atomic mass is 10.1. The van der Waals surface area contributed by atoms with Crippen molar-refractivity contribution in [1.29, 1.82) is 0 Å². The van der Waals surface area contributed by atoms with Crippen LogP contribution in [0.25, 0.3) is 44.2 Å². The third kappa shape index (κ3) is 3.08. The molecule has 8 heteroatoms. The SMILES string of the molecule is COc1ccc2nc3c(cc2c1)c(=O)n(C)c1c3c(=O)n(-c2ccccc2)c(=O)n1-c1ccccc1. The summed E-state index contributed by atoms with van der Waals surface area (Å²) in [5, 5.41) is 1.16. The lowest BCUT2D eigenvalue weighted by molar-refractivity contribution is 0.415. The summed E-state index contributed by atoms with van der Waals surface area (Å²) in [7, 11) is 3.13. The zero-order valence-corrected chi connectivity index (χ0v) is 19.5. The fourth-order valence-corrected chi connectivity index (χ4v) is 4.65. The summed E-state index contributed by atoms with van der Waals surface area (Å²) in [5.74, 6) is 0.630. The maximum atomic E-state index is 14.0. The molecule has 0 N–H and O–H groups in total. The number of fused-ring (bicyclic) bond motifs is 4. The van der Waals surface area contributed by atoms with Crippen LogP contribution in [0.2, 0.25) is 0 Å². The van der Waals surface area contributed by atoms with Gasteiger partial charge in [0.2, 0.25) is 0 Å². The standard InChI is InChI=1S/C28H20N4O4/c1-30-25-23(24-21(26(30)33)16-17-15-20(36-2)13-14-22(17)29-24)27(34)32(19-11-7-4-8-12-19)28(35)31(25)18-9-5-3-6-10-18/h3-16H,1-2H3. The first kappa shape index (κ1) is 21.5. The number of rotatable bonds is 3. The molecule has 0 atom stereocenters. The van der Waals surface area contributed by atoms with Gasteiger partial charge in [0.25, 0.3) is 11.1 Å². The van der Waals surface area contributed by atoms with E-state index in [-0.39, 0.29) is 27.5 Å². The molecule has 0 spiro atoms. The minimum Gasteiger partial charge on any atom is -0.497 e. The molecule has 0 radical (unpaired) electrons. The van der Waals surface area contributed by atoms with E-state index in [1.807, 2.05) is 12.1 Å². The lowest BCUT2D eigenvalue weighted by Gasteiger charge is -2.18. The molecule has 0 aliphatic heterocycles. The Kier molecular flexibility index (Phi) is 4.82. The molecule has 0 bridgehead atoms. The molecule has 3 heterocycles. The van der Waals surface area contributed by atoms with Crippen LogP contribution >= 0.6 is 0 Å². The minimum absolute atomic E-state index is 0.178. The highest BCUT2D eigenvalue weighted by Crippen LogP contribution is 2.26. The van der Waals surface area contributed by atoms with Gasteiger partial charge >= 0.3 is 5.69 Å². The van der Waals surface area contributed by atoms with Gasteiger partial charge in [-0.1, -0.05) is 36.4 Å². The Morgan fingerprint density at radius 2 is 1.39 bits per heavy atom. The van der Waals surface area contributed by atoms with Crippen molar-refractivity contribution in [1.82, 2.24) is 18.7 Å². The van der Waals surface area contributed by atoms with Crippen molar-refractivity contribution >= 4 is 32.8 Å². The molecule has 0 fully saturated rings. The van der Waals surface area contributed by atoms with Crippen molar-refractivity contribution in [2.75, 3.05) is 7.11 Å². The zero-order valence-electron chi connectivity index (χ0n) is 19.5. The number of hydrogen-bond donors (Lipinski definition) is 0. The summed E-state index contributed by atoms with van der Waals surface area (Å²) in [5.41, 5.74) is 0.478. The number of methoxy groups -OCH3 is 1. The normalized spacial score (nSPS) is 11.4. The van der Waals surface area contributed by atoms with Crippen molar-refractivity contribution in [2.24, 2.45) is 7.05 Å². The first-order chi connectivity index (χ1) is 17.5. The van der Waals surface area contributed by atoms with Gasteiger partial charge in [-0.15, -0.1) is 0 Å². The average Bonchev–Trinajstić information content (AvgIpc) is 2.91. The van der Waals surface area contributed by atoms with Crippen molar-refractivity contribution in [3.05, 3.63) is 116 Å². The Morgan fingerprint density at radius 3 is 2.03 bits per heavy atom. The fourth-order valence-electron chi connectivity index (χ4n) is 4.65. The van der Waals surface area contributed by atoms with Crippen molar-refractivity contribution in [3.63, 3.8) is 0 Å². The first-order valence-electron chi connectivity index (χ1n) is 11.3. The number of ether oxygens (including phenoxy) is 1. The number of para-hydroxylation sites is 2. The first-order valence-corrected chi connectivity index (χ1v) is 11.3. The summed E-state index contributed by atoms with van der Waals surface area (Å²) in [6.45, 7) is 0. The topological polar surface area (TPSA) is 88.1 Å². The van der Waals surface area contributed by atoms with Gasteiger partial charge in [0.15, 0.2) is 0 Å². The van der Waals surface area contributed by atoms with Gasteiger partial charge in [0.05, 0.1) is 34.9 Å². The van der Waals surface area contributed by atoms with Crippen LogP contribution in [0, 0.1) is 0 Å². The van der Waals surface area contributed by atoms with Gasteiger partial charge in [-0.25, -0.2) is 18.9 Å². The summed E-state index contributed by atoms with van der Waals surface area (Å²) >= 11 is 0. The van der Waals surface area contributed by atoms with Gasteiger partial charge in [-0.3, -0.25) is 14.2 Å². The quantitative estimate of drug-likeness (QED) is 0.288. The van der Waals surface area contributed by atoms with E-state index in [2.05, 4.69) is 0 Å². The molecular weight excluding hydrogens is 456 g/mol. The average molecular weight is 476 g/mol. The molecule has 0 saturated carbocycles. The van der Waals surface area contributed by atoms with E-state index in [9.17, 15) is 14.4 Å². The number of nitrogens with zero attached hydrogens (tertiary/aromatic N) is 4. The summed E-state index contributed by atoms with van der Waals surface area (Å²) in [6, 6.07) is 24.7. The smallest absolute Gasteiger partial charge is 0.341 e. The summed E-state index contributed by atoms with van der Waals surface area (Å²) in [6.07, 6.45) is 0. The molecule has 36 heavy (non-hydrogen) atoms. The monoisotopic (exact) mass is 476 g/mol. The second-order valence-electron chi connectivity index (χ2n) is 8.44. The van der Waals surface area contributed by atoms with Gasteiger partial charge in [0.1, 0.15) is 16.8 Å². The summed E-state index contributed by atoms with van der Waals surface area (Å²) < 4.78 is 9.18. The molecule has 6 rings (SSSR count). The highest BCUT2D eigenvalue weighted by atomic mass is 16.5. The van der Waals surface area contributed by atoms with Crippen molar-refractivity contribution < 1.29 is 4.74 Å². The van der Waals surface area contributed by atoms with E-state index in [1.165, 1.54) is 9.13 Å². The number of hydrogen-bond acceptors (Lipinski definition) is 5. The number of benzene rings is 3. The van der Waals surface area contributed by atoms with Crippen LogP contribution in [0.15, 0.2) is 99.3 Å². The van der Waals surface area contributed by atoms with Gasteiger partial charge in [0, 0.05) is 12.4 Å². The lowest BCUT2D eigenvalue weighted by Crippen LogP contribution is -2.40. The maximum absolute atomic E-state index is 14.0. The van der Waals surface area contributed by atoms with Crippen LogP contribution in [0.3, 0.4) is 0 Å². The van der Waals surface area contributed by atoms with Crippen LogP contribution in [-0.4, -0.2) is 25.8 Å². The van der Waals surface area contributed by atoms with Crippen molar-refractivity contribution in [3.8, 4) is 17.1 Å². The van der Waals surface area contributed by atoms with Crippen LogP contribution in [0.1, 0.15) is 0 Å². The molecule has 3 aromatic heterocycles. The van der Waals surface area contributed by atoms with Crippen LogP contribution in [0.5, 0.6) is 5.75 Å². The number of aromatic nitrogens is 4.